The fraction of sp³-hybridized carbons (Fsp3) is 0.286. The summed E-state index contributed by atoms with van der Waals surface area (Å²) in [5.74, 6) is 0.590. The highest BCUT2D eigenvalue weighted by molar-refractivity contribution is 6.30. The highest BCUT2D eigenvalue weighted by Gasteiger charge is 2.25. The lowest BCUT2D eigenvalue weighted by atomic mass is 9.98. The van der Waals surface area contributed by atoms with Crippen LogP contribution in [0.5, 0.6) is 0 Å². The summed E-state index contributed by atoms with van der Waals surface area (Å²) in [6, 6.07) is 14.8. The number of carbonyl (C=O) groups excluding carboxylic acids is 1. The maximum absolute atomic E-state index is 12.9. The Labute approximate surface area is 168 Å². The molecule has 4 rings (SSSR count). The lowest BCUT2D eigenvalue weighted by Gasteiger charge is -2.30. The van der Waals surface area contributed by atoms with Crippen molar-refractivity contribution in [1.82, 2.24) is 20.8 Å². The summed E-state index contributed by atoms with van der Waals surface area (Å²) in [5.41, 5.74) is 1.88. The van der Waals surface area contributed by atoms with Crippen molar-refractivity contribution in [2.45, 2.75) is 31.8 Å². The van der Waals surface area contributed by atoms with Crippen molar-refractivity contribution < 1.29 is 9.32 Å². The molecule has 2 atom stereocenters. The van der Waals surface area contributed by atoms with E-state index >= 15 is 0 Å². The zero-order valence-electron chi connectivity index (χ0n) is 15.5. The molecule has 3 aromatic rings. The van der Waals surface area contributed by atoms with Gasteiger partial charge in [-0.2, -0.15) is 4.98 Å². The van der Waals surface area contributed by atoms with Gasteiger partial charge in [-0.1, -0.05) is 41.0 Å². The van der Waals surface area contributed by atoms with Crippen LogP contribution in [0.15, 0.2) is 53.1 Å². The molecule has 2 unspecified atom stereocenters. The van der Waals surface area contributed by atoms with E-state index in [1.165, 1.54) is 0 Å². The monoisotopic (exact) mass is 396 g/mol. The molecule has 0 aliphatic carbocycles. The highest BCUT2D eigenvalue weighted by atomic mass is 35.5. The molecule has 1 fully saturated rings. The summed E-state index contributed by atoms with van der Waals surface area (Å²) in [6.45, 7) is 3.07. The molecule has 7 heteroatoms. The molecular formula is C21H21ClN4O2. The van der Waals surface area contributed by atoms with Gasteiger partial charge in [0.25, 0.3) is 11.8 Å². The molecule has 2 heterocycles. The van der Waals surface area contributed by atoms with E-state index in [9.17, 15) is 4.79 Å². The first-order valence-corrected chi connectivity index (χ1v) is 9.73. The minimum atomic E-state index is -0.140. The average molecular weight is 397 g/mol. The van der Waals surface area contributed by atoms with Crippen molar-refractivity contribution in [2.75, 3.05) is 6.54 Å². The van der Waals surface area contributed by atoms with Gasteiger partial charge in [-0.15, -0.1) is 0 Å². The summed E-state index contributed by atoms with van der Waals surface area (Å²) >= 11 is 6.05. The number of hydrogen-bond acceptors (Lipinski definition) is 5. The van der Waals surface area contributed by atoms with Crippen LogP contribution in [0.1, 0.15) is 30.1 Å². The number of aromatic nitrogens is 2. The number of nitrogens with one attached hydrogen (secondary N) is 2. The highest BCUT2D eigenvalue weighted by Crippen LogP contribution is 2.26. The predicted molar refractivity (Wildman–Crippen MR) is 108 cm³/mol. The number of carbonyl (C=O) groups is 1. The zero-order chi connectivity index (χ0) is 19.5. The Morgan fingerprint density at radius 1 is 1.25 bits per heavy atom. The Kier molecular flexibility index (Phi) is 5.41. The quantitative estimate of drug-likeness (QED) is 0.698. The summed E-state index contributed by atoms with van der Waals surface area (Å²) in [7, 11) is 0. The van der Waals surface area contributed by atoms with Gasteiger partial charge in [0, 0.05) is 22.7 Å². The Balaban J connectivity index is 1.60. The summed E-state index contributed by atoms with van der Waals surface area (Å²) in [4.78, 5) is 17.4. The Morgan fingerprint density at radius 2 is 2.11 bits per heavy atom. The first-order chi connectivity index (χ1) is 13.6. The molecule has 1 aromatic heterocycles. The summed E-state index contributed by atoms with van der Waals surface area (Å²) < 4.78 is 5.45. The minimum Gasteiger partial charge on any atom is -0.348 e. The lowest BCUT2D eigenvalue weighted by molar-refractivity contribution is 0.0920. The average Bonchev–Trinajstić information content (AvgIpc) is 3.20. The molecule has 6 nitrogen and oxygen atoms in total. The third kappa shape index (κ3) is 3.93. The lowest BCUT2D eigenvalue weighted by Crippen LogP contribution is -2.51. The molecule has 2 N–H and O–H groups in total. The van der Waals surface area contributed by atoms with Crippen LogP contribution in [0.3, 0.4) is 0 Å². The largest absolute Gasteiger partial charge is 0.348 e. The number of halogens is 1. The maximum Gasteiger partial charge on any atom is 0.259 e. The molecule has 2 aromatic carbocycles. The number of benzene rings is 2. The van der Waals surface area contributed by atoms with Gasteiger partial charge in [-0.05, 0) is 50.6 Å². The van der Waals surface area contributed by atoms with Gasteiger partial charge in [0.1, 0.15) is 0 Å². The first kappa shape index (κ1) is 18.7. The van der Waals surface area contributed by atoms with Crippen LogP contribution < -0.4 is 10.6 Å². The standard InChI is InChI=1S/C21H21ClN4O2/c1-13-18(10-5-11-23-13)24-20(27)16-8-2-3-9-17(16)21-25-19(26-28-21)14-6-4-7-15(22)12-14/h2-4,6-9,12-13,18,23H,5,10-11H2,1H3,(H,24,27). The van der Waals surface area contributed by atoms with Crippen LogP contribution in [0.25, 0.3) is 22.8 Å². The fourth-order valence-electron chi connectivity index (χ4n) is 3.43. The second kappa shape index (κ2) is 8.12. The van der Waals surface area contributed by atoms with E-state index in [0.29, 0.717) is 27.9 Å². The fourth-order valence-corrected chi connectivity index (χ4v) is 3.62. The normalized spacial score (nSPS) is 19.4. The Bertz CT molecular complexity index is 988. The van der Waals surface area contributed by atoms with Crippen molar-refractivity contribution in [2.24, 2.45) is 0 Å². The molecule has 1 amide bonds. The van der Waals surface area contributed by atoms with E-state index in [4.69, 9.17) is 16.1 Å². The zero-order valence-corrected chi connectivity index (χ0v) is 16.2. The van der Waals surface area contributed by atoms with Crippen LogP contribution in [-0.2, 0) is 0 Å². The topological polar surface area (TPSA) is 80.0 Å². The van der Waals surface area contributed by atoms with Crippen molar-refractivity contribution >= 4 is 17.5 Å². The van der Waals surface area contributed by atoms with Crippen LogP contribution in [0.4, 0.5) is 0 Å². The molecule has 0 bridgehead atoms. The van der Waals surface area contributed by atoms with Crippen LogP contribution in [0, 0.1) is 0 Å². The summed E-state index contributed by atoms with van der Waals surface area (Å²) in [6.07, 6.45) is 2.01. The number of piperidine rings is 1. The van der Waals surface area contributed by atoms with Gasteiger partial charge in [0.2, 0.25) is 5.82 Å². The molecule has 0 saturated carbocycles. The van der Waals surface area contributed by atoms with Gasteiger partial charge < -0.3 is 15.2 Å². The molecule has 0 radical (unpaired) electrons. The molecule has 28 heavy (non-hydrogen) atoms. The SMILES string of the molecule is CC1NCCCC1NC(=O)c1ccccc1-c1nc(-c2cccc(Cl)c2)no1. The molecular weight excluding hydrogens is 376 g/mol. The molecule has 144 valence electrons. The second-order valence-electron chi connectivity index (χ2n) is 6.94. The van der Waals surface area contributed by atoms with Gasteiger partial charge in [-0.25, -0.2) is 0 Å². The molecule has 1 aliphatic heterocycles. The van der Waals surface area contributed by atoms with Crippen molar-refractivity contribution in [1.29, 1.82) is 0 Å². The number of amides is 1. The van der Waals surface area contributed by atoms with E-state index in [0.717, 1.165) is 24.9 Å². The number of hydrogen-bond donors (Lipinski definition) is 2. The molecule has 0 spiro atoms. The van der Waals surface area contributed by atoms with Crippen molar-refractivity contribution in [3.8, 4) is 22.8 Å². The predicted octanol–water partition coefficient (Wildman–Crippen LogP) is 3.93. The Hall–Kier alpha value is -2.70. The van der Waals surface area contributed by atoms with Gasteiger partial charge in [0.05, 0.1) is 11.1 Å². The van der Waals surface area contributed by atoms with E-state index in [1.54, 1.807) is 18.2 Å². The van der Waals surface area contributed by atoms with E-state index < -0.39 is 0 Å². The van der Waals surface area contributed by atoms with Gasteiger partial charge >= 0.3 is 0 Å². The maximum atomic E-state index is 12.9. The van der Waals surface area contributed by atoms with Crippen LogP contribution in [-0.4, -0.2) is 34.7 Å². The molecule has 1 saturated heterocycles. The van der Waals surface area contributed by atoms with Crippen LogP contribution in [0.2, 0.25) is 5.02 Å². The van der Waals surface area contributed by atoms with Crippen LogP contribution >= 0.6 is 11.6 Å². The first-order valence-electron chi connectivity index (χ1n) is 9.35. The van der Waals surface area contributed by atoms with Gasteiger partial charge in [0.15, 0.2) is 0 Å². The second-order valence-corrected chi connectivity index (χ2v) is 7.38. The van der Waals surface area contributed by atoms with Crippen molar-refractivity contribution in [3.63, 3.8) is 0 Å². The van der Waals surface area contributed by atoms with Gasteiger partial charge in [-0.3, -0.25) is 4.79 Å². The number of rotatable bonds is 4. The van der Waals surface area contributed by atoms with E-state index in [2.05, 4.69) is 27.7 Å². The number of nitrogens with zero attached hydrogens (tertiary/aromatic N) is 2. The Morgan fingerprint density at radius 3 is 2.93 bits per heavy atom. The van der Waals surface area contributed by atoms with E-state index in [1.807, 2.05) is 30.3 Å². The third-order valence-electron chi connectivity index (χ3n) is 4.99. The third-order valence-corrected chi connectivity index (χ3v) is 5.22. The summed E-state index contributed by atoms with van der Waals surface area (Å²) in [5, 5.41) is 11.2. The van der Waals surface area contributed by atoms with E-state index in [-0.39, 0.29) is 18.0 Å². The molecule has 1 aliphatic rings. The smallest absolute Gasteiger partial charge is 0.259 e. The minimum absolute atomic E-state index is 0.0963. The van der Waals surface area contributed by atoms with Crippen molar-refractivity contribution in [3.05, 3.63) is 59.1 Å².